The molecular weight excluding hydrogens is 227 g/mol. The first-order chi connectivity index (χ1) is 8.20. The minimum Gasteiger partial charge on any atom is -0.489 e. The molecule has 0 aliphatic carbocycles. The van der Waals surface area contributed by atoms with E-state index in [0.29, 0.717) is 25.3 Å². The van der Waals surface area contributed by atoms with Gasteiger partial charge in [0.1, 0.15) is 11.9 Å². The van der Waals surface area contributed by atoms with E-state index in [-0.39, 0.29) is 11.8 Å². The monoisotopic (exact) mass is 240 g/mol. The second-order valence-electron chi connectivity index (χ2n) is 3.90. The van der Waals surface area contributed by atoms with Crippen molar-refractivity contribution in [3.63, 3.8) is 0 Å². The molecule has 1 heterocycles. The molecule has 0 saturated heterocycles. The first-order valence-electron chi connectivity index (χ1n) is 5.41. The lowest BCUT2D eigenvalue weighted by Gasteiger charge is -2.15. The van der Waals surface area contributed by atoms with E-state index in [1.54, 1.807) is 6.07 Å². The second kappa shape index (κ2) is 5.09. The van der Waals surface area contributed by atoms with Gasteiger partial charge in [0, 0.05) is 37.2 Å². The molecule has 1 aromatic carbocycles. The summed E-state index contributed by atoms with van der Waals surface area (Å²) in [6, 6.07) is 4.46. The van der Waals surface area contributed by atoms with Gasteiger partial charge in [-0.2, -0.15) is 0 Å². The summed E-state index contributed by atoms with van der Waals surface area (Å²) in [7, 11) is 0. The van der Waals surface area contributed by atoms with E-state index in [1.807, 2.05) is 0 Å². The number of alkyl halides is 1. The van der Waals surface area contributed by atoms with Gasteiger partial charge in [-0.25, -0.2) is 0 Å². The van der Waals surface area contributed by atoms with Gasteiger partial charge >= 0.3 is 0 Å². The molecule has 1 aliphatic rings. The van der Waals surface area contributed by atoms with Crippen molar-refractivity contribution in [2.75, 3.05) is 13.2 Å². The Kier molecular flexibility index (Phi) is 3.53. The fourth-order valence-corrected chi connectivity index (χ4v) is 1.80. The number of halogens is 1. The van der Waals surface area contributed by atoms with Crippen LogP contribution in [-0.4, -0.2) is 24.2 Å². The van der Waals surface area contributed by atoms with Crippen molar-refractivity contribution in [2.45, 2.75) is 19.1 Å². The maximum absolute atomic E-state index is 12.3. The fraction of sp³-hybridized carbons (Fsp3) is 0.455. The first kappa shape index (κ1) is 11.8. The normalized spacial score (nSPS) is 19.0. The highest BCUT2D eigenvalue weighted by Crippen LogP contribution is 2.27. The maximum atomic E-state index is 12.3. The number of fused-ring (bicyclic) bond motifs is 1. The summed E-state index contributed by atoms with van der Waals surface area (Å²) in [5, 5.41) is 13.7. The minimum atomic E-state index is -0.440. The van der Waals surface area contributed by atoms with Crippen LogP contribution in [0.1, 0.15) is 12.0 Å². The van der Waals surface area contributed by atoms with Crippen LogP contribution in [0.5, 0.6) is 5.75 Å². The largest absolute Gasteiger partial charge is 0.489 e. The SMILES string of the molecule is O=[N+]([O-])c1ccc2c(c1)CNCC(CCF)O2. The topological polar surface area (TPSA) is 64.4 Å². The number of nitrogens with one attached hydrogen (secondary N) is 1. The summed E-state index contributed by atoms with van der Waals surface area (Å²) in [4.78, 5) is 10.2. The van der Waals surface area contributed by atoms with Crippen molar-refractivity contribution in [3.05, 3.63) is 33.9 Å². The van der Waals surface area contributed by atoms with Crippen LogP contribution in [0.25, 0.3) is 0 Å². The number of nitro benzene ring substituents is 1. The van der Waals surface area contributed by atoms with Crippen molar-refractivity contribution in [1.29, 1.82) is 0 Å². The van der Waals surface area contributed by atoms with Crippen molar-refractivity contribution in [2.24, 2.45) is 0 Å². The molecule has 1 unspecified atom stereocenters. The quantitative estimate of drug-likeness (QED) is 0.646. The first-order valence-corrected chi connectivity index (χ1v) is 5.41. The average molecular weight is 240 g/mol. The Hall–Kier alpha value is -1.69. The molecule has 0 fully saturated rings. The summed E-state index contributed by atoms with van der Waals surface area (Å²) < 4.78 is 17.9. The number of ether oxygens (including phenoxy) is 1. The zero-order valence-corrected chi connectivity index (χ0v) is 9.19. The summed E-state index contributed by atoms with van der Waals surface area (Å²) >= 11 is 0. The zero-order chi connectivity index (χ0) is 12.3. The summed E-state index contributed by atoms with van der Waals surface area (Å²) in [5.41, 5.74) is 0.777. The number of hydrogen-bond acceptors (Lipinski definition) is 4. The van der Waals surface area contributed by atoms with Gasteiger partial charge < -0.3 is 10.1 Å². The molecule has 0 amide bonds. The number of nitro groups is 1. The Morgan fingerprint density at radius 3 is 3.12 bits per heavy atom. The van der Waals surface area contributed by atoms with Crippen molar-refractivity contribution in [3.8, 4) is 5.75 Å². The molecule has 1 atom stereocenters. The van der Waals surface area contributed by atoms with E-state index < -0.39 is 11.6 Å². The van der Waals surface area contributed by atoms with E-state index in [9.17, 15) is 14.5 Å². The van der Waals surface area contributed by atoms with Gasteiger partial charge in [0.25, 0.3) is 5.69 Å². The van der Waals surface area contributed by atoms with Crippen molar-refractivity contribution >= 4 is 5.69 Å². The van der Waals surface area contributed by atoms with Crippen LogP contribution in [0.4, 0.5) is 10.1 Å². The Balaban J connectivity index is 2.22. The molecule has 0 radical (unpaired) electrons. The van der Waals surface area contributed by atoms with E-state index in [0.717, 1.165) is 5.56 Å². The second-order valence-corrected chi connectivity index (χ2v) is 3.90. The van der Waals surface area contributed by atoms with Crippen molar-refractivity contribution < 1.29 is 14.1 Å². The lowest BCUT2D eigenvalue weighted by molar-refractivity contribution is -0.384. The van der Waals surface area contributed by atoms with Gasteiger partial charge in [0.2, 0.25) is 0 Å². The van der Waals surface area contributed by atoms with Gasteiger partial charge in [0.05, 0.1) is 11.6 Å². The summed E-state index contributed by atoms with van der Waals surface area (Å²) in [6.07, 6.45) is 0.103. The van der Waals surface area contributed by atoms with Gasteiger partial charge in [-0.3, -0.25) is 14.5 Å². The Bertz CT molecular complexity index is 425. The van der Waals surface area contributed by atoms with Crippen LogP contribution in [0.2, 0.25) is 0 Å². The minimum absolute atomic E-state index is 0.0399. The van der Waals surface area contributed by atoms with Crippen LogP contribution in [-0.2, 0) is 6.54 Å². The number of hydrogen-bond donors (Lipinski definition) is 1. The molecule has 92 valence electrons. The third-order valence-electron chi connectivity index (χ3n) is 2.67. The van der Waals surface area contributed by atoms with E-state index in [2.05, 4.69) is 5.32 Å². The molecule has 2 rings (SSSR count). The van der Waals surface area contributed by atoms with Gasteiger partial charge in [-0.05, 0) is 6.07 Å². The number of non-ortho nitro benzene ring substituents is 1. The average Bonchev–Trinajstić information content (AvgIpc) is 2.50. The van der Waals surface area contributed by atoms with Crippen molar-refractivity contribution in [1.82, 2.24) is 5.32 Å². The van der Waals surface area contributed by atoms with Crippen LogP contribution in [0.15, 0.2) is 18.2 Å². The molecule has 0 aromatic heterocycles. The molecule has 0 spiro atoms. The number of benzene rings is 1. The highest BCUT2D eigenvalue weighted by atomic mass is 19.1. The standard InChI is InChI=1S/C11H13FN2O3/c12-4-3-10-7-13-6-8-5-9(14(15)16)1-2-11(8)17-10/h1-2,5,10,13H,3-4,6-7H2. The van der Waals surface area contributed by atoms with E-state index >= 15 is 0 Å². The van der Waals surface area contributed by atoms with Gasteiger partial charge in [0.15, 0.2) is 0 Å². The lowest BCUT2D eigenvalue weighted by atomic mass is 10.2. The molecule has 0 bridgehead atoms. The van der Waals surface area contributed by atoms with Crippen LogP contribution in [0, 0.1) is 10.1 Å². The van der Waals surface area contributed by atoms with Crippen LogP contribution < -0.4 is 10.1 Å². The van der Waals surface area contributed by atoms with Gasteiger partial charge in [-0.15, -0.1) is 0 Å². The third kappa shape index (κ3) is 2.71. The van der Waals surface area contributed by atoms with Gasteiger partial charge in [-0.1, -0.05) is 0 Å². The molecular formula is C11H13FN2O3. The smallest absolute Gasteiger partial charge is 0.270 e. The predicted molar refractivity (Wildman–Crippen MR) is 59.8 cm³/mol. The zero-order valence-electron chi connectivity index (χ0n) is 9.19. The summed E-state index contributed by atoms with van der Waals surface area (Å²) in [6.45, 7) is 0.612. The molecule has 5 nitrogen and oxygen atoms in total. The Labute approximate surface area is 97.7 Å². The number of rotatable bonds is 3. The molecule has 1 aliphatic heterocycles. The van der Waals surface area contributed by atoms with E-state index in [1.165, 1.54) is 12.1 Å². The highest BCUT2D eigenvalue weighted by Gasteiger charge is 2.19. The summed E-state index contributed by atoms with van der Waals surface area (Å²) in [5.74, 6) is 0.596. The lowest BCUT2D eigenvalue weighted by Crippen LogP contribution is -2.28. The molecule has 6 heteroatoms. The Morgan fingerprint density at radius 1 is 1.59 bits per heavy atom. The highest BCUT2D eigenvalue weighted by molar-refractivity contribution is 5.44. The molecule has 1 aromatic rings. The predicted octanol–water partition coefficient (Wildman–Crippen LogP) is 1.80. The number of nitrogens with zero attached hydrogens (tertiary/aromatic N) is 1. The molecule has 0 saturated carbocycles. The fourth-order valence-electron chi connectivity index (χ4n) is 1.80. The Morgan fingerprint density at radius 2 is 2.41 bits per heavy atom. The van der Waals surface area contributed by atoms with Crippen LogP contribution >= 0.6 is 0 Å². The molecule has 1 N–H and O–H groups in total. The van der Waals surface area contributed by atoms with E-state index in [4.69, 9.17) is 4.74 Å². The maximum Gasteiger partial charge on any atom is 0.270 e. The van der Waals surface area contributed by atoms with Crippen LogP contribution in [0.3, 0.4) is 0 Å². The third-order valence-corrected chi connectivity index (χ3v) is 2.67. The molecule has 17 heavy (non-hydrogen) atoms.